The molecule has 1 rings (SSSR count). The van der Waals surface area contributed by atoms with E-state index in [1.54, 1.807) is 11.9 Å². The monoisotopic (exact) mass is 278 g/mol. The molecule has 1 unspecified atom stereocenters. The molecule has 1 fully saturated rings. The number of carbonyl (C=O) groups excluding carboxylic acids is 1. The van der Waals surface area contributed by atoms with Gasteiger partial charge in [-0.1, -0.05) is 12.2 Å². The zero-order valence-corrected chi connectivity index (χ0v) is 11.6. The molecule has 0 spiro atoms. The predicted molar refractivity (Wildman–Crippen MR) is 70.5 cm³/mol. The second-order valence-electron chi connectivity index (χ2n) is 5.10. The zero-order valence-electron chi connectivity index (χ0n) is 10.8. The van der Waals surface area contributed by atoms with Crippen LogP contribution in [0.2, 0.25) is 0 Å². The molecule has 1 atom stereocenters. The molecule has 1 aliphatic rings. The van der Waals surface area contributed by atoms with Crippen LogP contribution in [0.4, 0.5) is 8.78 Å². The van der Waals surface area contributed by atoms with E-state index in [-0.39, 0.29) is 43.6 Å². The smallest absolute Gasteiger partial charge is 0.248 e. The summed E-state index contributed by atoms with van der Waals surface area (Å²) in [5.41, 5.74) is 5.44. The molecule has 1 amide bonds. The fraction of sp³-hybridized carbons (Fsp3) is 0.833. The Morgan fingerprint density at radius 1 is 1.50 bits per heavy atom. The summed E-state index contributed by atoms with van der Waals surface area (Å²) in [6.07, 6.45) is 0.592. The van der Waals surface area contributed by atoms with E-state index < -0.39 is 5.92 Å². The first-order chi connectivity index (χ1) is 8.23. The first-order valence-corrected chi connectivity index (χ1v) is 6.56. The van der Waals surface area contributed by atoms with Crippen LogP contribution in [0.25, 0.3) is 0 Å². The number of hydrogen-bond donors (Lipinski definition) is 1. The molecule has 3 nitrogen and oxygen atoms in total. The third kappa shape index (κ3) is 4.15. The van der Waals surface area contributed by atoms with Gasteiger partial charge in [0.1, 0.15) is 0 Å². The van der Waals surface area contributed by atoms with Crippen molar-refractivity contribution in [2.75, 3.05) is 7.05 Å². The summed E-state index contributed by atoms with van der Waals surface area (Å²) >= 11 is 4.80. The van der Waals surface area contributed by atoms with Crippen LogP contribution < -0.4 is 5.73 Å². The van der Waals surface area contributed by atoms with Crippen molar-refractivity contribution in [3.8, 4) is 0 Å². The van der Waals surface area contributed by atoms with E-state index in [2.05, 4.69) is 0 Å². The Morgan fingerprint density at radius 2 is 2.00 bits per heavy atom. The third-order valence-corrected chi connectivity index (χ3v) is 3.74. The summed E-state index contributed by atoms with van der Waals surface area (Å²) in [6.45, 7) is 1.86. The molecule has 0 saturated heterocycles. The van der Waals surface area contributed by atoms with Gasteiger partial charge in [0, 0.05) is 38.3 Å². The van der Waals surface area contributed by atoms with Gasteiger partial charge in [0.25, 0.3) is 0 Å². The Balaban J connectivity index is 2.52. The van der Waals surface area contributed by atoms with Crippen molar-refractivity contribution in [3.05, 3.63) is 0 Å². The SMILES string of the molecule is CC(CC(N)=S)N(C)C(=O)C1CCC(F)(F)CC1. The number of halogens is 2. The maximum absolute atomic E-state index is 13.0. The van der Waals surface area contributed by atoms with E-state index in [9.17, 15) is 13.6 Å². The molecule has 0 radical (unpaired) electrons. The van der Waals surface area contributed by atoms with E-state index in [1.807, 2.05) is 6.92 Å². The number of rotatable bonds is 4. The summed E-state index contributed by atoms with van der Waals surface area (Å²) in [7, 11) is 1.68. The van der Waals surface area contributed by atoms with Crippen molar-refractivity contribution in [2.45, 2.75) is 51.0 Å². The van der Waals surface area contributed by atoms with Crippen molar-refractivity contribution in [2.24, 2.45) is 11.7 Å². The highest BCUT2D eigenvalue weighted by molar-refractivity contribution is 7.80. The van der Waals surface area contributed by atoms with Gasteiger partial charge in [-0.15, -0.1) is 0 Å². The lowest BCUT2D eigenvalue weighted by atomic mass is 9.85. The Hall–Kier alpha value is -0.780. The van der Waals surface area contributed by atoms with Gasteiger partial charge in [-0.05, 0) is 19.8 Å². The fourth-order valence-electron chi connectivity index (χ4n) is 2.22. The molecule has 104 valence electrons. The van der Waals surface area contributed by atoms with Gasteiger partial charge < -0.3 is 10.6 Å². The molecular weight excluding hydrogens is 258 g/mol. The summed E-state index contributed by atoms with van der Waals surface area (Å²) in [5.74, 6) is -2.96. The molecule has 0 bridgehead atoms. The van der Waals surface area contributed by atoms with Crippen LogP contribution >= 0.6 is 12.2 Å². The molecule has 18 heavy (non-hydrogen) atoms. The van der Waals surface area contributed by atoms with E-state index >= 15 is 0 Å². The molecule has 1 aliphatic carbocycles. The van der Waals surface area contributed by atoms with Crippen molar-refractivity contribution in [3.63, 3.8) is 0 Å². The Morgan fingerprint density at radius 3 is 2.44 bits per heavy atom. The first-order valence-electron chi connectivity index (χ1n) is 6.16. The second-order valence-corrected chi connectivity index (χ2v) is 5.62. The average molecular weight is 278 g/mol. The van der Waals surface area contributed by atoms with Crippen molar-refractivity contribution >= 4 is 23.1 Å². The number of alkyl halides is 2. The maximum Gasteiger partial charge on any atom is 0.248 e. The third-order valence-electron chi connectivity index (χ3n) is 3.57. The number of amides is 1. The van der Waals surface area contributed by atoms with Crippen LogP contribution in [0.15, 0.2) is 0 Å². The summed E-state index contributed by atoms with van der Waals surface area (Å²) in [4.78, 5) is 14.1. The average Bonchev–Trinajstić information content (AvgIpc) is 2.26. The number of hydrogen-bond acceptors (Lipinski definition) is 2. The highest BCUT2D eigenvalue weighted by Gasteiger charge is 2.38. The number of nitrogens with zero attached hydrogens (tertiary/aromatic N) is 1. The minimum absolute atomic E-state index is 0.0748. The topological polar surface area (TPSA) is 46.3 Å². The summed E-state index contributed by atoms with van der Waals surface area (Å²) in [6, 6.07) is -0.0857. The van der Waals surface area contributed by atoms with Crippen LogP contribution in [0.3, 0.4) is 0 Å². The molecule has 0 aliphatic heterocycles. The largest absolute Gasteiger partial charge is 0.393 e. The summed E-state index contributed by atoms with van der Waals surface area (Å²) in [5, 5.41) is 0. The first kappa shape index (κ1) is 15.3. The Labute approximate surface area is 112 Å². The molecule has 6 heteroatoms. The predicted octanol–water partition coefficient (Wildman–Crippen LogP) is 2.33. The lowest BCUT2D eigenvalue weighted by Crippen LogP contribution is -2.42. The number of thiocarbonyl (C=S) groups is 1. The van der Waals surface area contributed by atoms with Crippen LogP contribution in [-0.4, -0.2) is 34.8 Å². The van der Waals surface area contributed by atoms with Gasteiger partial charge in [-0.2, -0.15) is 0 Å². The molecule has 0 aromatic carbocycles. The highest BCUT2D eigenvalue weighted by atomic mass is 32.1. The van der Waals surface area contributed by atoms with Crippen LogP contribution in [0, 0.1) is 5.92 Å². The van der Waals surface area contributed by atoms with E-state index in [0.717, 1.165) is 0 Å². The maximum atomic E-state index is 13.0. The van der Waals surface area contributed by atoms with E-state index in [1.165, 1.54) is 0 Å². The van der Waals surface area contributed by atoms with Crippen molar-refractivity contribution in [1.29, 1.82) is 0 Å². The van der Waals surface area contributed by atoms with Gasteiger partial charge >= 0.3 is 0 Å². The van der Waals surface area contributed by atoms with Gasteiger partial charge in [-0.25, -0.2) is 8.78 Å². The zero-order chi connectivity index (χ0) is 13.9. The van der Waals surface area contributed by atoms with Gasteiger partial charge in [0.05, 0.1) is 4.99 Å². The minimum Gasteiger partial charge on any atom is -0.393 e. The second kappa shape index (κ2) is 5.91. The highest BCUT2D eigenvalue weighted by Crippen LogP contribution is 2.36. The van der Waals surface area contributed by atoms with E-state index in [4.69, 9.17) is 18.0 Å². The molecule has 1 saturated carbocycles. The molecule has 0 aromatic heterocycles. The van der Waals surface area contributed by atoms with Gasteiger partial charge in [0.2, 0.25) is 11.8 Å². The number of carbonyl (C=O) groups is 1. The Kier molecular flexibility index (Phi) is 5.01. The number of nitrogens with two attached hydrogens (primary N) is 1. The quantitative estimate of drug-likeness (QED) is 0.803. The summed E-state index contributed by atoms with van der Waals surface area (Å²) < 4.78 is 26.0. The molecule has 0 aromatic rings. The lowest BCUT2D eigenvalue weighted by Gasteiger charge is -2.32. The standard InChI is InChI=1S/C12H20F2N2OS/c1-8(7-10(15)18)16(2)11(17)9-3-5-12(13,14)6-4-9/h8-9H,3-7H2,1-2H3,(H2,15,18). The normalized spacial score (nSPS) is 21.3. The van der Waals surface area contributed by atoms with Crippen LogP contribution in [0.1, 0.15) is 39.0 Å². The van der Waals surface area contributed by atoms with E-state index in [0.29, 0.717) is 11.4 Å². The van der Waals surface area contributed by atoms with Gasteiger partial charge in [-0.3, -0.25) is 4.79 Å². The minimum atomic E-state index is -2.60. The fourth-order valence-corrected chi connectivity index (χ4v) is 2.46. The molecule has 0 heterocycles. The van der Waals surface area contributed by atoms with Crippen LogP contribution in [-0.2, 0) is 4.79 Å². The van der Waals surface area contributed by atoms with Crippen molar-refractivity contribution in [1.82, 2.24) is 4.90 Å². The molecule has 2 N–H and O–H groups in total. The Bertz CT molecular complexity index is 326. The van der Waals surface area contributed by atoms with Gasteiger partial charge in [0.15, 0.2) is 0 Å². The lowest BCUT2D eigenvalue weighted by molar-refractivity contribution is -0.140. The van der Waals surface area contributed by atoms with Crippen LogP contribution in [0.5, 0.6) is 0 Å². The van der Waals surface area contributed by atoms with Crippen molar-refractivity contribution < 1.29 is 13.6 Å². The molecular formula is C12H20F2N2OS.